The SMILES string of the molecule is C[C@H](NCc1nc2ccc(OC3=CC=C(OC(F)(F)F)CC3)cc2n1C1CCOCC1)C(N)=O. The molecule has 184 valence electrons. The Morgan fingerprint density at radius 2 is 1.97 bits per heavy atom. The first-order valence-corrected chi connectivity index (χ1v) is 11.1. The second kappa shape index (κ2) is 10.1. The Hall–Kier alpha value is -3.05. The molecule has 34 heavy (non-hydrogen) atoms. The third-order valence-corrected chi connectivity index (χ3v) is 5.85. The maximum Gasteiger partial charge on any atom is 0.572 e. The van der Waals surface area contributed by atoms with E-state index in [2.05, 4.69) is 14.6 Å². The molecule has 1 aliphatic carbocycles. The Morgan fingerprint density at radius 3 is 2.62 bits per heavy atom. The van der Waals surface area contributed by atoms with Crippen molar-refractivity contribution in [3.8, 4) is 5.75 Å². The molecular formula is C23H27F3N4O4. The topological polar surface area (TPSA) is 101 Å². The Morgan fingerprint density at radius 1 is 1.26 bits per heavy atom. The molecule has 1 saturated heterocycles. The van der Waals surface area contributed by atoms with Gasteiger partial charge in [-0.05, 0) is 44.1 Å². The van der Waals surface area contributed by atoms with E-state index in [0.717, 1.165) is 29.7 Å². The number of hydrogen-bond acceptors (Lipinski definition) is 6. The zero-order chi connectivity index (χ0) is 24.3. The fourth-order valence-electron chi connectivity index (χ4n) is 4.08. The highest BCUT2D eigenvalue weighted by Gasteiger charge is 2.32. The van der Waals surface area contributed by atoms with E-state index in [-0.39, 0.29) is 18.2 Å². The molecule has 2 aliphatic rings. The summed E-state index contributed by atoms with van der Waals surface area (Å²) in [5.41, 5.74) is 7.02. The van der Waals surface area contributed by atoms with Gasteiger partial charge in [0.15, 0.2) is 0 Å². The number of nitrogens with zero attached hydrogens (tertiary/aromatic N) is 2. The number of carbonyl (C=O) groups is 1. The molecule has 3 N–H and O–H groups in total. The summed E-state index contributed by atoms with van der Waals surface area (Å²) in [4.78, 5) is 16.2. The van der Waals surface area contributed by atoms with Gasteiger partial charge in [-0.15, -0.1) is 13.2 Å². The van der Waals surface area contributed by atoms with Crippen molar-refractivity contribution in [3.05, 3.63) is 47.7 Å². The molecule has 1 aromatic heterocycles. The van der Waals surface area contributed by atoms with E-state index in [4.69, 9.17) is 20.2 Å². The second-order valence-electron chi connectivity index (χ2n) is 8.31. The number of alkyl halides is 3. The lowest BCUT2D eigenvalue weighted by Gasteiger charge is -2.26. The van der Waals surface area contributed by atoms with Gasteiger partial charge in [-0.1, -0.05) is 0 Å². The van der Waals surface area contributed by atoms with E-state index in [0.29, 0.717) is 37.7 Å². The summed E-state index contributed by atoms with van der Waals surface area (Å²) in [7, 11) is 0. The number of amides is 1. The quantitative estimate of drug-likeness (QED) is 0.596. The van der Waals surface area contributed by atoms with Crippen LogP contribution in [0.15, 0.2) is 41.9 Å². The summed E-state index contributed by atoms with van der Waals surface area (Å²) in [6, 6.07) is 5.18. The molecule has 11 heteroatoms. The summed E-state index contributed by atoms with van der Waals surface area (Å²) < 4.78 is 54.8. The number of halogens is 3. The van der Waals surface area contributed by atoms with Crippen LogP contribution < -0.4 is 15.8 Å². The Bertz CT molecular complexity index is 1100. The number of ether oxygens (including phenoxy) is 3. The Kier molecular flexibility index (Phi) is 7.13. The molecule has 2 aromatic rings. The number of rotatable bonds is 8. The number of benzene rings is 1. The molecule has 0 radical (unpaired) electrons. The van der Waals surface area contributed by atoms with Crippen LogP contribution in [0.5, 0.6) is 5.75 Å². The normalized spacial score (nSPS) is 18.4. The van der Waals surface area contributed by atoms with Gasteiger partial charge in [-0.25, -0.2) is 4.98 Å². The zero-order valence-electron chi connectivity index (χ0n) is 18.7. The van der Waals surface area contributed by atoms with Crippen LogP contribution in [-0.4, -0.2) is 41.1 Å². The van der Waals surface area contributed by atoms with Gasteiger partial charge in [-0.3, -0.25) is 10.1 Å². The maximum absolute atomic E-state index is 12.4. The first-order valence-electron chi connectivity index (χ1n) is 11.1. The van der Waals surface area contributed by atoms with Crippen LogP contribution in [0.3, 0.4) is 0 Å². The first-order chi connectivity index (χ1) is 16.2. The molecule has 0 saturated carbocycles. The number of allylic oxidation sites excluding steroid dienone is 4. The lowest BCUT2D eigenvalue weighted by molar-refractivity contribution is -0.306. The van der Waals surface area contributed by atoms with E-state index in [9.17, 15) is 18.0 Å². The minimum atomic E-state index is -4.70. The van der Waals surface area contributed by atoms with E-state index in [1.54, 1.807) is 13.0 Å². The van der Waals surface area contributed by atoms with Crippen LogP contribution in [0.4, 0.5) is 13.2 Å². The van der Waals surface area contributed by atoms with Crippen molar-refractivity contribution in [2.75, 3.05) is 13.2 Å². The largest absolute Gasteiger partial charge is 0.572 e. The lowest BCUT2D eigenvalue weighted by Crippen LogP contribution is -2.39. The highest BCUT2D eigenvalue weighted by molar-refractivity contribution is 5.79. The summed E-state index contributed by atoms with van der Waals surface area (Å²) >= 11 is 0. The zero-order valence-corrected chi connectivity index (χ0v) is 18.7. The molecular weight excluding hydrogens is 453 g/mol. The van der Waals surface area contributed by atoms with Crippen molar-refractivity contribution in [2.45, 2.75) is 57.6 Å². The van der Waals surface area contributed by atoms with Crippen molar-refractivity contribution in [1.82, 2.24) is 14.9 Å². The average Bonchev–Trinajstić information content (AvgIpc) is 3.16. The minimum Gasteiger partial charge on any atom is -0.462 e. The highest BCUT2D eigenvalue weighted by Crippen LogP contribution is 2.32. The van der Waals surface area contributed by atoms with Crippen LogP contribution in [-0.2, 0) is 20.8 Å². The Labute approximate surface area is 194 Å². The summed E-state index contributed by atoms with van der Waals surface area (Å²) in [6.45, 7) is 3.36. The van der Waals surface area contributed by atoms with Crippen LogP contribution in [0.2, 0.25) is 0 Å². The van der Waals surface area contributed by atoms with Crippen LogP contribution >= 0.6 is 0 Å². The van der Waals surface area contributed by atoms with E-state index >= 15 is 0 Å². The fourth-order valence-corrected chi connectivity index (χ4v) is 4.08. The molecule has 1 aromatic carbocycles. The van der Waals surface area contributed by atoms with Gasteiger partial charge in [0.05, 0.1) is 23.6 Å². The van der Waals surface area contributed by atoms with Crippen molar-refractivity contribution in [3.63, 3.8) is 0 Å². The van der Waals surface area contributed by atoms with Crippen molar-refractivity contribution < 1.29 is 32.2 Å². The van der Waals surface area contributed by atoms with Crippen molar-refractivity contribution in [1.29, 1.82) is 0 Å². The number of fused-ring (bicyclic) bond motifs is 1. The van der Waals surface area contributed by atoms with Gasteiger partial charge in [-0.2, -0.15) is 0 Å². The minimum absolute atomic E-state index is 0.0987. The third-order valence-electron chi connectivity index (χ3n) is 5.85. The van der Waals surface area contributed by atoms with Gasteiger partial charge in [0.1, 0.15) is 23.1 Å². The molecule has 0 unspecified atom stereocenters. The molecule has 4 rings (SSSR count). The van der Waals surface area contributed by atoms with Gasteiger partial charge in [0.2, 0.25) is 5.91 Å². The maximum atomic E-state index is 12.4. The standard InChI is InChI=1S/C23H27F3N4O4/c1-14(22(27)31)28-13-21-29-19-7-6-18(12-20(19)30(21)15-8-10-32-11-9-15)33-16-2-4-17(5-3-16)34-23(24,25)26/h2,4,6-7,12,14-15,28H,3,5,8-11,13H2,1H3,(H2,27,31)/t14-/m0/s1. The smallest absolute Gasteiger partial charge is 0.462 e. The number of primary amides is 1. The van der Waals surface area contributed by atoms with E-state index in [1.807, 2.05) is 12.1 Å². The molecule has 1 atom stereocenters. The van der Waals surface area contributed by atoms with E-state index < -0.39 is 18.3 Å². The first kappa shape index (κ1) is 24.1. The van der Waals surface area contributed by atoms with Gasteiger partial charge in [0, 0.05) is 38.2 Å². The molecule has 0 spiro atoms. The summed E-state index contributed by atoms with van der Waals surface area (Å²) in [5, 5.41) is 3.11. The van der Waals surface area contributed by atoms with Crippen LogP contribution in [0, 0.1) is 0 Å². The number of nitrogens with two attached hydrogens (primary N) is 1. The average molecular weight is 480 g/mol. The summed E-state index contributed by atoms with van der Waals surface area (Å²) in [6.07, 6.45) is 0.111. The predicted molar refractivity (Wildman–Crippen MR) is 117 cm³/mol. The number of hydrogen-bond donors (Lipinski definition) is 2. The predicted octanol–water partition coefficient (Wildman–Crippen LogP) is 3.83. The lowest BCUT2D eigenvalue weighted by atomic mass is 10.1. The number of nitrogens with one attached hydrogen (secondary N) is 1. The molecule has 2 heterocycles. The highest BCUT2D eigenvalue weighted by atomic mass is 19.4. The van der Waals surface area contributed by atoms with Crippen LogP contribution in [0.25, 0.3) is 11.0 Å². The molecule has 1 fully saturated rings. The number of aromatic nitrogens is 2. The van der Waals surface area contributed by atoms with Gasteiger partial charge in [0.25, 0.3) is 0 Å². The fraction of sp³-hybridized carbons (Fsp3) is 0.478. The van der Waals surface area contributed by atoms with Gasteiger partial charge < -0.3 is 24.5 Å². The van der Waals surface area contributed by atoms with Crippen LogP contribution in [0.1, 0.15) is 44.5 Å². The molecule has 0 bridgehead atoms. The number of carbonyl (C=O) groups excluding carboxylic acids is 1. The van der Waals surface area contributed by atoms with Crippen molar-refractivity contribution in [2.24, 2.45) is 5.73 Å². The van der Waals surface area contributed by atoms with Crippen molar-refractivity contribution >= 4 is 16.9 Å². The second-order valence-corrected chi connectivity index (χ2v) is 8.31. The van der Waals surface area contributed by atoms with E-state index in [1.165, 1.54) is 12.2 Å². The third kappa shape index (κ3) is 5.89. The summed E-state index contributed by atoms with van der Waals surface area (Å²) in [5.74, 6) is 1.30. The molecule has 1 aliphatic heterocycles. The molecule has 1 amide bonds. The van der Waals surface area contributed by atoms with Gasteiger partial charge >= 0.3 is 6.36 Å². The monoisotopic (exact) mass is 480 g/mol. The Balaban J connectivity index is 1.58. The molecule has 8 nitrogen and oxygen atoms in total. The number of imidazole rings is 1.